The van der Waals surface area contributed by atoms with Gasteiger partial charge in [0, 0.05) is 19.6 Å². The third-order valence-electron chi connectivity index (χ3n) is 2.91. The van der Waals surface area contributed by atoms with Crippen molar-refractivity contribution in [2.75, 3.05) is 17.4 Å². The van der Waals surface area contributed by atoms with Gasteiger partial charge in [-0.3, -0.25) is 4.31 Å². The first-order valence-electron chi connectivity index (χ1n) is 6.70. The van der Waals surface area contributed by atoms with E-state index in [9.17, 15) is 13.2 Å². The van der Waals surface area contributed by atoms with Crippen LogP contribution < -0.4 is 14.3 Å². The lowest BCUT2D eigenvalue weighted by Gasteiger charge is -2.24. The molecule has 1 aromatic carbocycles. The highest BCUT2D eigenvalue weighted by Crippen LogP contribution is 2.24. The molecule has 0 atom stereocenters. The van der Waals surface area contributed by atoms with Crippen molar-refractivity contribution in [3.8, 4) is 0 Å². The van der Waals surface area contributed by atoms with E-state index >= 15 is 0 Å². The number of hydrogen-bond acceptors (Lipinski definition) is 5. The molecule has 0 saturated carbocycles. The van der Waals surface area contributed by atoms with Crippen molar-refractivity contribution in [1.29, 1.82) is 0 Å². The van der Waals surface area contributed by atoms with Crippen LogP contribution in [0.15, 0.2) is 24.3 Å². The normalized spacial score (nSPS) is 15.3. The van der Waals surface area contributed by atoms with E-state index in [0.29, 0.717) is 18.8 Å². The molecule has 0 aliphatic carbocycles. The van der Waals surface area contributed by atoms with Gasteiger partial charge in [-0.2, -0.15) is 8.42 Å². The fraction of sp³-hybridized carbons (Fsp3) is 0.462. The SMILES string of the molecule is CC(C)OC(=O)NS(=O)(=O)N1CCNCc2ccccc21. The predicted octanol–water partition coefficient (Wildman–Crippen LogP) is 0.976. The molecule has 2 rings (SSSR count). The topological polar surface area (TPSA) is 87.7 Å². The smallest absolute Gasteiger partial charge is 0.422 e. The number of carbonyl (C=O) groups excluding carboxylic acids is 1. The summed E-state index contributed by atoms with van der Waals surface area (Å²) in [4.78, 5) is 11.6. The van der Waals surface area contributed by atoms with Crippen LogP contribution in [0.5, 0.6) is 0 Å². The summed E-state index contributed by atoms with van der Waals surface area (Å²) >= 11 is 0. The Morgan fingerprint density at radius 1 is 1.38 bits per heavy atom. The molecule has 0 fully saturated rings. The number of amides is 1. The third-order valence-corrected chi connectivity index (χ3v) is 4.30. The first kappa shape index (κ1) is 15.6. The van der Waals surface area contributed by atoms with E-state index in [1.54, 1.807) is 26.0 Å². The van der Waals surface area contributed by atoms with Crippen LogP contribution in [0.3, 0.4) is 0 Å². The van der Waals surface area contributed by atoms with E-state index in [1.807, 2.05) is 16.9 Å². The number of para-hydroxylation sites is 1. The van der Waals surface area contributed by atoms with Gasteiger partial charge in [0.15, 0.2) is 0 Å². The molecule has 0 saturated heterocycles. The number of nitrogens with one attached hydrogen (secondary N) is 2. The van der Waals surface area contributed by atoms with Gasteiger partial charge < -0.3 is 10.1 Å². The molecule has 1 heterocycles. The minimum atomic E-state index is -4.00. The van der Waals surface area contributed by atoms with Gasteiger partial charge in [0.1, 0.15) is 0 Å². The number of carbonyl (C=O) groups is 1. The minimum absolute atomic E-state index is 0.237. The monoisotopic (exact) mass is 313 g/mol. The Morgan fingerprint density at radius 3 is 2.81 bits per heavy atom. The van der Waals surface area contributed by atoms with Crippen LogP contribution in [0, 0.1) is 0 Å². The standard InChI is InChI=1S/C13H19N3O4S/c1-10(2)20-13(17)15-21(18,19)16-8-7-14-9-11-5-3-4-6-12(11)16/h3-6,10,14H,7-9H2,1-2H3,(H,15,17). The summed E-state index contributed by atoms with van der Waals surface area (Å²) in [5.74, 6) is 0. The number of nitrogens with zero attached hydrogens (tertiary/aromatic N) is 1. The molecule has 8 heteroatoms. The van der Waals surface area contributed by atoms with E-state index in [0.717, 1.165) is 5.56 Å². The number of fused-ring (bicyclic) bond motifs is 1. The van der Waals surface area contributed by atoms with Crippen molar-refractivity contribution >= 4 is 22.0 Å². The number of benzene rings is 1. The second kappa shape index (κ2) is 6.31. The van der Waals surface area contributed by atoms with E-state index in [4.69, 9.17) is 4.74 Å². The number of ether oxygens (including phenoxy) is 1. The first-order valence-corrected chi connectivity index (χ1v) is 8.14. The maximum Gasteiger partial charge on any atom is 0.422 e. The van der Waals surface area contributed by atoms with Crippen molar-refractivity contribution in [1.82, 2.24) is 10.0 Å². The zero-order chi connectivity index (χ0) is 15.5. The molecular weight excluding hydrogens is 294 g/mol. The molecule has 0 radical (unpaired) electrons. The maximum atomic E-state index is 12.4. The van der Waals surface area contributed by atoms with Crippen LogP contribution in [0.2, 0.25) is 0 Å². The van der Waals surface area contributed by atoms with Crippen molar-refractivity contribution < 1.29 is 17.9 Å². The summed E-state index contributed by atoms with van der Waals surface area (Å²) in [6, 6.07) is 7.17. The molecule has 1 aliphatic rings. The Balaban J connectivity index is 2.25. The largest absolute Gasteiger partial charge is 0.446 e. The van der Waals surface area contributed by atoms with Gasteiger partial charge in [-0.1, -0.05) is 18.2 Å². The average Bonchev–Trinajstić information content (AvgIpc) is 2.59. The van der Waals surface area contributed by atoms with Gasteiger partial charge in [0.2, 0.25) is 0 Å². The number of anilines is 1. The van der Waals surface area contributed by atoms with Crippen molar-refractivity contribution in [2.45, 2.75) is 26.5 Å². The first-order chi connectivity index (χ1) is 9.90. The van der Waals surface area contributed by atoms with Gasteiger partial charge in [-0.25, -0.2) is 9.52 Å². The lowest BCUT2D eigenvalue weighted by Crippen LogP contribution is -2.45. The molecule has 0 aromatic heterocycles. The summed E-state index contributed by atoms with van der Waals surface area (Å²) in [6.45, 7) is 4.61. The van der Waals surface area contributed by atoms with Crippen molar-refractivity contribution in [3.63, 3.8) is 0 Å². The average molecular weight is 313 g/mol. The quantitative estimate of drug-likeness (QED) is 0.868. The van der Waals surface area contributed by atoms with Crippen LogP contribution in [-0.4, -0.2) is 33.7 Å². The highest BCUT2D eigenvalue weighted by molar-refractivity contribution is 7.91. The fourth-order valence-electron chi connectivity index (χ4n) is 2.08. The van der Waals surface area contributed by atoms with Crippen LogP contribution in [0.1, 0.15) is 19.4 Å². The molecular formula is C13H19N3O4S. The van der Waals surface area contributed by atoms with Crippen LogP contribution in [0.4, 0.5) is 10.5 Å². The van der Waals surface area contributed by atoms with Crippen molar-refractivity contribution in [2.24, 2.45) is 0 Å². The molecule has 1 aromatic rings. The Bertz CT molecular complexity index is 616. The zero-order valence-electron chi connectivity index (χ0n) is 12.0. The Morgan fingerprint density at radius 2 is 2.10 bits per heavy atom. The highest BCUT2D eigenvalue weighted by atomic mass is 32.2. The summed E-state index contributed by atoms with van der Waals surface area (Å²) < 4.78 is 32.7. The summed E-state index contributed by atoms with van der Waals surface area (Å²) in [5, 5.41) is 3.14. The molecule has 1 amide bonds. The fourth-order valence-corrected chi connectivity index (χ4v) is 3.21. The van der Waals surface area contributed by atoms with E-state index in [-0.39, 0.29) is 6.54 Å². The highest BCUT2D eigenvalue weighted by Gasteiger charge is 2.28. The summed E-state index contributed by atoms with van der Waals surface area (Å²) in [7, 11) is -4.00. The number of hydrogen-bond donors (Lipinski definition) is 2. The molecule has 0 unspecified atom stereocenters. The van der Waals surface area contributed by atoms with E-state index in [2.05, 4.69) is 5.32 Å². The predicted molar refractivity (Wildman–Crippen MR) is 79.2 cm³/mol. The molecule has 2 N–H and O–H groups in total. The second-order valence-corrected chi connectivity index (χ2v) is 6.53. The van der Waals surface area contributed by atoms with Crippen LogP contribution in [0.25, 0.3) is 0 Å². The molecule has 116 valence electrons. The lowest BCUT2D eigenvalue weighted by molar-refractivity contribution is 0.121. The molecule has 21 heavy (non-hydrogen) atoms. The van der Waals surface area contributed by atoms with Gasteiger partial charge >= 0.3 is 16.3 Å². The van der Waals surface area contributed by atoms with Crippen LogP contribution in [-0.2, 0) is 21.5 Å². The van der Waals surface area contributed by atoms with Crippen molar-refractivity contribution in [3.05, 3.63) is 29.8 Å². The van der Waals surface area contributed by atoms with Crippen LogP contribution >= 0.6 is 0 Å². The van der Waals surface area contributed by atoms with Gasteiger partial charge in [-0.05, 0) is 25.5 Å². The third kappa shape index (κ3) is 3.85. The van der Waals surface area contributed by atoms with E-state index in [1.165, 1.54) is 4.31 Å². The van der Waals surface area contributed by atoms with Gasteiger partial charge in [-0.15, -0.1) is 0 Å². The molecule has 0 bridgehead atoms. The van der Waals surface area contributed by atoms with E-state index < -0.39 is 22.4 Å². The minimum Gasteiger partial charge on any atom is -0.446 e. The Hall–Kier alpha value is -1.80. The lowest BCUT2D eigenvalue weighted by atomic mass is 10.2. The molecule has 1 aliphatic heterocycles. The van der Waals surface area contributed by atoms with Gasteiger partial charge in [0.25, 0.3) is 0 Å². The molecule has 7 nitrogen and oxygen atoms in total. The Labute approximate surface area is 124 Å². The Kier molecular flexibility index (Phi) is 4.69. The maximum absolute atomic E-state index is 12.4. The molecule has 0 spiro atoms. The summed E-state index contributed by atoms with van der Waals surface area (Å²) in [5.41, 5.74) is 1.42. The second-order valence-electron chi connectivity index (χ2n) is 4.94. The zero-order valence-corrected chi connectivity index (χ0v) is 12.8. The number of rotatable bonds is 3. The van der Waals surface area contributed by atoms with Gasteiger partial charge in [0.05, 0.1) is 11.8 Å². The summed E-state index contributed by atoms with van der Waals surface area (Å²) in [6.07, 6.45) is -1.36.